The summed E-state index contributed by atoms with van der Waals surface area (Å²) in [6.45, 7) is 2.18. The molecular weight excluding hydrogens is 484 g/mol. The van der Waals surface area contributed by atoms with Crippen LogP contribution in [0.2, 0.25) is 5.02 Å². The Kier molecular flexibility index (Phi) is 8.02. The first-order chi connectivity index (χ1) is 17.3. The highest BCUT2D eigenvalue weighted by atomic mass is 35.5. The summed E-state index contributed by atoms with van der Waals surface area (Å²) >= 11 is 5.92. The summed E-state index contributed by atoms with van der Waals surface area (Å²) in [4.78, 5) is 57.3. The average Bonchev–Trinajstić information content (AvgIpc) is 2.87. The minimum atomic E-state index is -1.13. The number of aromatic amines is 1. The number of esters is 1. The molecule has 0 spiro atoms. The lowest BCUT2D eigenvalue weighted by molar-refractivity contribution is -0.154. The Morgan fingerprint density at radius 3 is 2.47 bits per heavy atom. The third-order valence-electron chi connectivity index (χ3n) is 6.15. The Balaban J connectivity index is 1.53. The second kappa shape index (κ2) is 11.4. The lowest BCUT2D eigenvalue weighted by Crippen LogP contribution is -2.49. The number of nitrogens with one attached hydrogen (secondary N) is 2. The number of fused-ring (bicyclic) bond motifs is 1. The molecule has 1 atom stereocenters. The zero-order valence-corrected chi connectivity index (χ0v) is 20.6. The zero-order chi connectivity index (χ0) is 25.7. The van der Waals surface area contributed by atoms with Crippen LogP contribution in [0.3, 0.4) is 0 Å². The summed E-state index contributed by atoms with van der Waals surface area (Å²) in [6, 6.07) is 13.7. The van der Waals surface area contributed by atoms with Crippen molar-refractivity contribution in [3.05, 3.63) is 81.1 Å². The maximum absolute atomic E-state index is 13.1. The number of halogens is 1. The van der Waals surface area contributed by atoms with Crippen molar-refractivity contribution in [1.82, 2.24) is 20.1 Å². The van der Waals surface area contributed by atoms with Crippen LogP contribution in [0.15, 0.2) is 59.4 Å². The quantitative estimate of drug-likeness (QED) is 0.469. The van der Waals surface area contributed by atoms with Gasteiger partial charge in [0.1, 0.15) is 6.04 Å². The van der Waals surface area contributed by atoms with Gasteiger partial charge in [-0.1, -0.05) is 29.8 Å². The third-order valence-corrected chi connectivity index (χ3v) is 6.40. The number of hydrogen-bond acceptors (Lipinski definition) is 6. The molecule has 2 aromatic carbocycles. The second-order valence-electron chi connectivity index (χ2n) is 8.73. The van der Waals surface area contributed by atoms with Crippen molar-refractivity contribution in [3.8, 4) is 0 Å². The van der Waals surface area contributed by atoms with E-state index in [0.29, 0.717) is 34.8 Å². The van der Waals surface area contributed by atoms with Crippen molar-refractivity contribution in [1.29, 1.82) is 0 Å². The van der Waals surface area contributed by atoms with E-state index in [9.17, 15) is 19.2 Å². The summed E-state index contributed by atoms with van der Waals surface area (Å²) in [7, 11) is 1.98. The predicted octanol–water partition coefficient (Wildman–Crippen LogP) is 1.84. The maximum atomic E-state index is 13.1. The van der Waals surface area contributed by atoms with Crippen LogP contribution in [0.1, 0.15) is 15.9 Å². The van der Waals surface area contributed by atoms with Crippen LogP contribution >= 0.6 is 11.6 Å². The van der Waals surface area contributed by atoms with Crippen LogP contribution < -0.4 is 10.9 Å². The van der Waals surface area contributed by atoms with Gasteiger partial charge in [-0.15, -0.1) is 0 Å². The van der Waals surface area contributed by atoms with Crippen LogP contribution in [0.4, 0.5) is 0 Å². The van der Waals surface area contributed by atoms with Crippen LogP contribution in [-0.2, 0) is 20.7 Å². The molecular formula is C26H27ClN4O5. The number of para-hydroxylation sites is 1. The molecule has 0 bridgehead atoms. The molecule has 1 aliphatic heterocycles. The molecule has 1 aromatic heterocycles. The van der Waals surface area contributed by atoms with Crippen molar-refractivity contribution in [2.24, 2.45) is 0 Å². The first kappa shape index (κ1) is 25.4. The molecule has 1 saturated heterocycles. The molecule has 1 aliphatic rings. The Morgan fingerprint density at radius 1 is 1.06 bits per heavy atom. The lowest BCUT2D eigenvalue weighted by Gasteiger charge is -2.32. The Bertz CT molecular complexity index is 1320. The van der Waals surface area contributed by atoms with E-state index in [1.807, 2.05) is 19.2 Å². The lowest BCUT2D eigenvalue weighted by atomic mass is 10.0. The van der Waals surface area contributed by atoms with Crippen molar-refractivity contribution in [2.75, 3.05) is 39.8 Å². The molecule has 0 radical (unpaired) electrons. The van der Waals surface area contributed by atoms with E-state index >= 15 is 0 Å². The first-order valence-corrected chi connectivity index (χ1v) is 12.0. The number of carbonyl (C=O) groups excluding carboxylic acids is 3. The van der Waals surface area contributed by atoms with Gasteiger partial charge in [0.25, 0.3) is 11.8 Å². The number of likely N-dealkylation sites (N-methyl/N-ethyl adjacent to an activating group) is 1. The van der Waals surface area contributed by atoms with E-state index in [1.165, 1.54) is 6.07 Å². The number of carbonyl (C=O) groups is 3. The van der Waals surface area contributed by atoms with Gasteiger partial charge < -0.3 is 24.8 Å². The fraction of sp³-hybridized carbons (Fsp3) is 0.308. The molecule has 3 aromatic rings. The van der Waals surface area contributed by atoms with Gasteiger partial charge in [-0.3, -0.25) is 14.4 Å². The fourth-order valence-electron chi connectivity index (χ4n) is 4.08. The van der Waals surface area contributed by atoms with E-state index in [2.05, 4.69) is 15.2 Å². The van der Waals surface area contributed by atoms with Crippen LogP contribution in [0, 0.1) is 0 Å². The molecule has 188 valence electrons. The minimum absolute atomic E-state index is 0.00525. The van der Waals surface area contributed by atoms with Crippen LogP contribution in [0.5, 0.6) is 0 Å². The smallest absolute Gasteiger partial charge is 0.329 e. The standard InChI is InChI=1S/C26H27ClN4O5/c1-30-10-12-31(13-11-30)24(33)16-36-26(35)22(29-25(34)17-6-8-19(27)9-7-17)14-18-15-23(32)28-21-5-3-2-4-20(18)21/h2-9,15,22H,10-14,16H2,1H3,(H,28,32)(H,29,34). The van der Waals surface area contributed by atoms with Gasteiger partial charge >= 0.3 is 5.97 Å². The first-order valence-electron chi connectivity index (χ1n) is 11.6. The highest BCUT2D eigenvalue weighted by molar-refractivity contribution is 6.30. The molecule has 1 fully saturated rings. The van der Waals surface area contributed by atoms with Gasteiger partial charge in [-0.25, -0.2) is 4.79 Å². The van der Waals surface area contributed by atoms with Crippen LogP contribution in [-0.4, -0.2) is 78.4 Å². The molecule has 1 unspecified atom stereocenters. The number of benzene rings is 2. The number of H-pyrrole nitrogens is 1. The second-order valence-corrected chi connectivity index (χ2v) is 9.17. The number of ether oxygens (including phenoxy) is 1. The SMILES string of the molecule is CN1CCN(C(=O)COC(=O)C(Cc2cc(=O)[nH]c3ccccc23)NC(=O)c2ccc(Cl)cc2)CC1. The van der Waals surface area contributed by atoms with Crippen molar-refractivity contribution >= 4 is 40.3 Å². The van der Waals surface area contributed by atoms with Gasteiger partial charge in [0.15, 0.2) is 6.61 Å². The molecule has 9 nitrogen and oxygen atoms in total. The van der Waals surface area contributed by atoms with E-state index < -0.39 is 24.5 Å². The summed E-state index contributed by atoms with van der Waals surface area (Å²) in [5, 5.41) is 3.91. The zero-order valence-electron chi connectivity index (χ0n) is 19.8. The molecule has 0 aliphatic carbocycles. The van der Waals surface area contributed by atoms with Gasteiger partial charge in [0.2, 0.25) is 5.56 Å². The number of rotatable bonds is 7. The normalized spacial score (nSPS) is 14.9. The van der Waals surface area contributed by atoms with E-state index in [4.69, 9.17) is 16.3 Å². The van der Waals surface area contributed by atoms with Crippen LogP contribution in [0.25, 0.3) is 10.9 Å². The Morgan fingerprint density at radius 2 is 1.75 bits per heavy atom. The molecule has 2 N–H and O–H groups in total. The average molecular weight is 511 g/mol. The molecule has 2 heterocycles. The number of amides is 2. The molecule has 4 rings (SSSR count). The molecule has 0 saturated carbocycles. The highest BCUT2D eigenvalue weighted by Crippen LogP contribution is 2.17. The Hall–Kier alpha value is -3.69. The minimum Gasteiger partial charge on any atom is -0.454 e. The summed E-state index contributed by atoms with van der Waals surface area (Å²) in [5.74, 6) is -1.56. The highest BCUT2D eigenvalue weighted by Gasteiger charge is 2.27. The topological polar surface area (TPSA) is 112 Å². The van der Waals surface area contributed by atoms with Gasteiger partial charge in [0.05, 0.1) is 0 Å². The van der Waals surface area contributed by atoms with Gasteiger partial charge in [-0.2, -0.15) is 0 Å². The van der Waals surface area contributed by atoms with Crippen molar-refractivity contribution in [2.45, 2.75) is 12.5 Å². The molecule has 10 heteroatoms. The summed E-state index contributed by atoms with van der Waals surface area (Å²) in [6.07, 6.45) is 0.00525. The van der Waals surface area contributed by atoms with Gasteiger partial charge in [0, 0.05) is 60.2 Å². The van der Waals surface area contributed by atoms with Crippen molar-refractivity contribution in [3.63, 3.8) is 0 Å². The number of pyridine rings is 1. The van der Waals surface area contributed by atoms with E-state index in [0.717, 1.165) is 18.5 Å². The van der Waals surface area contributed by atoms with Crippen molar-refractivity contribution < 1.29 is 19.1 Å². The molecule has 2 amide bonds. The maximum Gasteiger partial charge on any atom is 0.329 e. The summed E-state index contributed by atoms with van der Waals surface area (Å²) < 4.78 is 5.35. The third kappa shape index (κ3) is 6.30. The number of aromatic nitrogens is 1. The Labute approximate surface area is 213 Å². The number of hydrogen-bond donors (Lipinski definition) is 2. The fourth-order valence-corrected chi connectivity index (χ4v) is 4.21. The van der Waals surface area contributed by atoms with Gasteiger partial charge in [-0.05, 0) is 42.9 Å². The predicted molar refractivity (Wildman–Crippen MR) is 136 cm³/mol. The molecule has 36 heavy (non-hydrogen) atoms. The monoisotopic (exact) mass is 510 g/mol. The number of nitrogens with zero attached hydrogens (tertiary/aromatic N) is 2. The van der Waals surface area contributed by atoms with E-state index in [1.54, 1.807) is 41.3 Å². The largest absolute Gasteiger partial charge is 0.454 e. The van der Waals surface area contributed by atoms with E-state index in [-0.39, 0.29) is 17.9 Å². The number of piperazine rings is 1. The summed E-state index contributed by atoms with van der Waals surface area (Å²) in [5.41, 5.74) is 1.16.